The number of hydrogen-bond acceptors (Lipinski definition) is 1. The van der Waals surface area contributed by atoms with Crippen LogP contribution < -0.4 is 33.4 Å². The topological polar surface area (TPSA) is 7.12 Å². The molecular formula is C23H23IN2. The average Bonchev–Trinajstić information content (AvgIpc) is 2.68. The van der Waals surface area contributed by atoms with Crippen molar-refractivity contribution >= 4 is 28.2 Å². The molecule has 0 bridgehead atoms. The molecule has 0 saturated heterocycles. The van der Waals surface area contributed by atoms with Crippen LogP contribution in [-0.4, -0.2) is 6.54 Å². The summed E-state index contributed by atoms with van der Waals surface area (Å²) in [6, 6.07) is 19.5. The molecule has 1 aromatic heterocycles. The van der Waals surface area contributed by atoms with Crippen LogP contribution in [0, 0.1) is 0 Å². The number of rotatable bonds is 3. The third kappa shape index (κ3) is 3.28. The summed E-state index contributed by atoms with van der Waals surface area (Å²) in [4.78, 5) is 2.29. The molecule has 1 aliphatic rings. The van der Waals surface area contributed by atoms with Crippen LogP contribution >= 0.6 is 0 Å². The second-order valence-corrected chi connectivity index (χ2v) is 6.29. The second kappa shape index (κ2) is 8.04. The van der Waals surface area contributed by atoms with E-state index in [1.165, 1.54) is 33.3 Å². The lowest BCUT2D eigenvalue weighted by molar-refractivity contribution is -0.667. The van der Waals surface area contributed by atoms with Crippen molar-refractivity contribution in [1.29, 1.82) is 0 Å². The Morgan fingerprint density at radius 2 is 1.73 bits per heavy atom. The van der Waals surface area contributed by atoms with Gasteiger partial charge in [0.15, 0.2) is 6.20 Å². The molecule has 2 nitrogen and oxygen atoms in total. The van der Waals surface area contributed by atoms with Crippen LogP contribution in [0.25, 0.3) is 22.6 Å². The molecule has 132 valence electrons. The van der Waals surface area contributed by atoms with Gasteiger partial charge in [0.2, 0.25) is 5.52 Å². The van der Waals surface area contributed by atoms with Gasteiger partial charge in [0, 0.05) is 36.1 Å². The SMILES string of the molecule is CCN1C=C/C(=C/c2cc[n+](CC)c3ccccc23)c2ccccc21.[I-]. The van der Waals surface area contributed by atoms with E-state index in [1.54, 1.807) is 0 Å². The molecule has 0 saturated carbocycles. The largest absolute Gasteiger partial charge is 1.00 e. The maximum Gasteiger partial charge on any atom is 0.213 e. The molecule has 0 atom stereocenters. The Balaban J connectivity index is 0.00000196. The smallest absolute Gasteiger partial charge is 0.213 e. The van der Waals surface area contributed by atoms with Crippen LogP contribution in [0.15, 0.2) is 73.1 Å². The minimum absolute atomic E-state index is 0. The molecule has 0 unspecified atom stereocenters. The van der Waals surface area contributed by atoms with Gasteiger partial charge in [-0.3, -0.25) is 0 Å². The predicted molar refractivity (Wildman–Crippen MR) is 106 cm³/mol. The Labute approximate surface area is 172 Å². The highest BCUT2D eigenvalue weighted by Gasteiger charge is 2.16. The maximum atomic E-state index is 2.31. The third-order valence-corrected chi connectivity index (χ3v) is 4.91. The Hall–Kier alpha value is -2.14. The summed E-state index contributed by atoms with van der Waals surface area (Å²) in [5, 5.41) is 1.29. The summed E-state index contributed by atoms with van der Waals surface area (Å²) in [7, 11) is 0. The highest BCUT2D eigenvalue weighted by Crippen LogP contribution is 2.34. The van der Waals surface area contributed by atoms with E-state index >= 15 is 0 Å². The Morgan fingerprint density at radius 3 is 2.54 bits per heavy atom. The van der Waals surface area contributed by atoms with Crippen molar-refractivity contribution in [2.45, 2.75) is 20.4 Å². The fourth-order valence-corrected chi connectivity index (χ4v) is 3.59. The maximum absolute atomic E-state index is 2.31. The van der Waals surface area contributed by atoms with E-state index in [2.05, 4.69) is 102 Å². The van der Waals surface area contributed by atoms with E-state index in [1.807, 2.05) is 0 Å². The third-order valence-electron chi connectivity index (χ3n) is 4.91. The Kier molecular flexibility index (Phi) is 5.77. The van der Waals surface area contributed by atoms with E-state index in [-0.39, 0.29) is 24.0 Å². The van der Waals surface area contributed by atoms with E-state index in [4.69, 9.17) is 0 Å². The van der Waals surface area contributed by atoms with E-state index < -0.39 is 0 Å². The number of fused-ring (bicyclic) bond motifs is 2. The molecule has 0 N–H and O–H groups in total. The fourth-order valence-electron chi connectivity index (χ4n) is 3.59. The first-order valence-electron chi connectivity index (χ1n) is 8.99. The monoisotopic (exact) mass is 454 g/mol. The average molecular weight is 454 g/mol. The first-order valence-corrected chi connectivity index (χ1v) is 8.99. The number of hydrogen-bond donors (Lipinski definition) is 0. The summed E-state index contributed by atoms with van der Waals surface area (Å²) < 4.78 is 2.29. The molecule has 0 fully saturated rings. The zero-order chi connectivity index (χ0) is 17.2. The van der Waals surface area contributed by atoms with Gasteiger partial charge in [-0.1, -0.05) is 30.3 Å². The first-order chi connectivity index (χ1) is 12.3. The fraction of sp³-hybridized carbons (Fsp3) is 0.174. The molecule has 26 heavy (non-hydrogen) atoms. The van der Waals surface area contributed by atoms with Crippen molar-refractivity contribution in [3.05, 3.63) is 84.2 Å². The molecule has 0 radical (unpaired) electrons. The number of allylic oxidation sites excluding steroid dienone is 2. The Morgan fingerprint density at radius 1 is 0.962 bits per heavy atom. The van der Waals surface area contributed by atoms with Gasteiger partial charge in [0.25, 0.3) is 0 Å². The summed E-state index contributed by atoms with van der Waals surface area (Å²) in [5.41, 5.74) is 6.38. The number of aromatic nitrogens is 1. The number of pyridine rings is 1. The molecule has 2 aromatic carbocycles. The van der Waals surface area contributed by atoms with Crippen LogP contribution in [0.2, 0.25) is 0 Å². The Bertz CT molecular complexity index is 988. The number of nitrogens with zero attached hydrogens (tertiary/aromatic N) is 2. The van der Waals surface area contributed by atoms with E-state index in [0.29, 0.717) is 0 Å². The summed E-state index contributed by atoms with van der Waals surface area (Å²) >= 11 is 0. The van der Waals surface area contributed by atoms with Crippen molar-refractivity contribution in [3.63, 3.8) is 0 Å². The zero-order valence-electron chi connectivity index (χ0n) is 15.2. The standard InChI is InChI=1S/C23H23N2.HI/c1-3-24-15-13-18(20-9-5-7-11-22(20)24)17-19-14-16-25(4-2)23-12-8-6-10-21(19)23;/h5-17H,3-4H2,1-2H3;1H/q+1;/p-1. The van der Waals surface area contributed by atoms with Gasteiger partial charge < -0.3 is 28.9 Å². The predicted octanol–water partition coefficient (Wildman–Crippen LogP) is 2.05. The molecule has 2 heterocycles. The number of benzene rings is 2. The summed E-state index contributed by atoms with van der Waals surface area (Å²) in [6.45, 7) is 6.32. The van der Waals surface area contributed by atoms with Gasteiger partial charge in [0.05, 0.1) is 5.39 Å². The van der Waals surface area contributed by atoms with Crippen molar-refractivity contribution in [2.24, 2.45) is 0 Å². The lowest BCUT2D eigenvalue weighted by atomic mass is 9.96. The van der Waals surface area contributed by atoms with Crippen LogP contribution in [0.5, 0.6) is 0 Å². The second-order valence-electron chi connectivity index (χ2n) is 6.29. The van der Waals surface area contributed by atoms with Gasteiger partial charge in [-0.05, 0) is 49.3 Å². The van der Waals surface area contributed by atoms with Crippen LogP contribution in [-0.2, 0) is 6.54 Å². The molecule has 0 amide bonds. The highest BCUT2D eigenvalue weighted by atomic mass is 127. The first kappa shape index (κ1) is 18.6. The molecule has 4 rings (SSSR count). The van der Waals surface area contributed by atoms with Gasteiger partial charge >= 0.3 is 0 Å². The molecule has 0 spiro atoms. The van der Waals surface area contributed by atoms with Crippen molar-refractivity contribution in [1.82, 2.24) is 0 Å². The minimum atomic E-state index is 0. The number of anilines is 1. The van der Waals surface area contributed by atoms with Gasteiger partial charge in [-0.2, -0.15) is 4.57 Å². The van der Waals surface area contributed by atoms with Gasteiger partial charge in [-0.25, -0.2) is 0 Å². The minimum Gasteiger partial charge on any atom is -1.00 e. The lowest BCUT2D eigenvalue weighted by Crippen LogP contribution is -3.00. The number of para-hydroxylation sites is 2. The van der Waals surface area contributed by atoms with Crippen molar-refractivity contribution in [3.8, 4) is 0 Å². The molecule has 3 heteroatoms. The molecule has 1 aliphatic heterocycles. The molecular weight excluding hydrogens is 431 g/mol. The molecule has 0 aliphatic carbocycles. The van der Waals surface area contributed by atoms with Crippen LogP contribution in [0.4, 0.5) is 5.69 Å². The van der Waals surface area contributed by atoms with E-state index in [0.717, 1.165) is 13.1 Å². The molecule has 3 aromatic rings. The van der Waals surface area contributed by atoms with E-state index in [9.17, 15) is 0 Å². The van der Waals surface area contributed by atoms with Gasteiger partial charge in [-0.15, -0.1) is 0 Å². The highest BCUT2D eigenvalue weighted by molar-refractivity contribution is 5.99. The van der Waals surface area contributed by atoms with Crippen molar-refractivity contribution < 1.29 is 28.5 Å². The van der Waals surface area contributed by atoms with Crippen molar-refractivity contribution in [2.75, 3.05) is 11.4 Å². The normalized spacial score (nSPS) is 14.4. The summed E-state index contributed by atoms with van der Waals surface area (Å²) in [5.74, 6) is 0. The van der Waals surface area contributed by atoms with Crippen LogP contribution in [0.3, 0.4) is 0 Å². The number of halogens is 1. The van der Waals surface area contributed by atoms with Crippen LogP contribution in [0.1, 0.15) is 25.0 Å². The quantitative estimate of drug-likeness (QED) is 0.434. The lowest BCUT2D eigenvalue weighted by Gasteiger charge is -2.26. The summed E-state index contributed by atoms with van der Waals surface area (Å²) in [6.07, 6.45) is 8.91. The zero-order valence-corrected chi connectivity index (χ0v) is 17.3. The van der Waals surface area contributed by atoms with Gasteiger partial charge in [0.1, 0.15) is 6.54 Å². The number of aryl methyl sites for hydroxylation is 1.